The lowest BCUT2D eigenvalue weighted by Crippen LogP contribution is -2.20. The van der Waals surface area contributed by atoms with E-state index >= 15 is 0 Å². The first-order valence-electron chi connectivity index (χ1n) is 12.8. The number of hydrogen-bond donors (Lipinski definition) is 1. The van der Waals surface area contributed by atoms with Crippen molar-refractivity contribution in [3.63, 3.8) is 0 Å². The molecular weight excluding hydrogens is 394 g/mol. The normalized spacial score (nSPS) is 14.4. The van der Waals surface area contributed by atoms with E-state index in [1.165, 1.54) is 110 Å². The molecule has 2 aromatic rings. The van der Waals surface area contributed by atoms with E-state index in [9.17, 15) is 0 Å². The monoisotopic (exact) mass is 437 g/mol. The molecule has 0 aromatic heterocycles. The smallest absolute Gasteiger partial charge is 0.0526 e. The molecule has 1 atom stereocenters. The Morgan fingerprint density at radius 3 is 2.06 bits per heavy atom. The molecule has 0 spiro atoms. The van der Waals surface area contributed by atoms with E-state index in [1.54, 1.807) is 0 Å². The number of fused-ring (bicyclic) bond motifs is 2. The van der Waals surface area contributed by atoms with Crippen LogP contribution in [0, 0.1) is 5.41 Å². The quantitative estimate of drug-likeness (QED) is 0.252. The minimum atomic E-state index is 0.428. The predicted molar refractivity (Wildman–Crippen MR) is 139 cm³/mol. The topological polar surface area (TPSA) is 12.0 Å². The molecular formula is C29H43NS. The highest BCUT2D eigenvalue weighted by Crippen LogP contribution is 2.45. The van der Waals surface area contributed by atoms with Gasteiger partial charge in [-0.15, -0.1) is 0 Å². The zero-order valence-electron chi connectivity index (χ0n) is 20.1. The highest BCUT2D eigenvalue weighted by Gasteiger charge is 2.25. The third-order valence-corrected chi connectivity index (χ3v) is 7.95. The van der Waals surface area contributed by atoms with Gasteiger partial charge in [0.1, 0.15) is 0 Å². The highest BCUT2D eigenvalue weighted by molar-refractivity contribution is 7.99. The summed E-state index contributed by atoms with van der Waals surface area (Å²) in [4.78, 5) is 2.71. The van der Waals surface area contributed by atoms with Crippen LogP contribution < -0.4 is 5.32 Å². The number of anilines is 2. The van der Waals surface area contributed by atoms with Crippen molar-refractivity contribution >= 4 is 23.1 Å². The number of unbranched alkanes of at least 4 members (excludes halogenated alkanes) is 8. The highest BCUT2D eigenvalue weighted by atomic mass is 32.2. The molecule has 0 fully saturated rings. The maximum absolute atomic E-state index is 3.62. The molecule has 170 valence electrons. The number of benzene rings is 2. The number of rotatable bonds is 14. The maximum atomic E-state index is 3.62. The Balaban J connectivity index is 1.62. The Morgan fingerprint density at radius 1 is 0.710 bits per heavy atom. The Labute approximate surface area is 195 Å². The van der Waals surface area contributed by atoms with Gasteiger partial charge in [-0.05, 0) is 54.5 Å². The second-order valence-corrected chi connectivity index (χ2v) is 11.0. The van der Waals surface area contributed by atoms with Crippen molar-refractivity contribution in [2.75, 3.05) is 5.32 Å². The van der Waals surface area contributed by atoms with Gasteiger partial charge in [0.05, 0.1) is 11.4 Å². The molecule has 1 aliphatic rings. The van der Waals surface area contributed by atoms with E-state index in [1.807, 2.05) is 11.8 Å². The summed E-state index contributed by atoms with van der Waals surface area (Å²) in [7, 11) is 0. The Bertz CT molecular complexity index is 799. The standard InChI is InChI=1S/C29H43NS/c1-4-6-8-10-11-15-21-29(3,20-14-9-7-5-2)23-24-18-19-26-28(22-24)31-27-17-13-12-16-25(27)30-26/h12-13,16-19,22,30H,4-11,14-15,20-21,23H2,1-3H3. The van der Waals surface area contributed by atoms with Crippen molar-refractivity contribution in [2.45, 2.75) is 114 Å². The van der Waals surface area contributed by atoms with Crippen molar-refractivity contribution in [3.8, 4) is 0 Å². The van der Waals surface area contributed by atoms with Gasteiger partial charge in [-0.1, -0.05) is 115 Å². The molecule has 0 amide bonds. The summed E-state index contributed by atoms with van der Waals surface area (Å²) < 4.78 is 0. The molecule has 0 aliphatic carbocycles. The first-order valence-corrected chi connectivity index (χ1v) is 13.6. The lowest BCUT2D eigenvalue weighted by Gasteiger charge is -2.31. The van der Waals surface area contributed by atoms with E-state index in [2.05, 4.69) is 68.6 Å². The summed E-state index contributed by atoms with van der Waals surface area (Å²) in [5.74, 6) is 0. The number of hydrogen-bond acceptors (Lipinski definition) is 2. The van der Waals surface area contributed by atoms with E-state index in [-0.39, 0.29) is 0 Å². The molecule has 2 aromatic carbocycles. The summed E-state index contributed by atoms with van der Waals surface area (Å²) in [6.07, 6.45) is 17.8. The van der Waals surface area contributed by atoms with E-state index < -0.39 is 0 Å². The summed E-state index contributed by atoms with van der Waals surface area (Å²) in [6, 6.07) is 15.8. The van der Waals surface area contributed by atoms with E-state index in [0.29, 0.717) is 5.41 Å². The van der Waals surface area contributed by atoms with Gasteiger partial charge in [0.2, 0.25) is 0 Å². The first-order chi connectivity index (χ1) is 15.1. The summed E-state index contributed by atoms with van der Waals surface area (Å²) in [5, 5.41) is 3.62. The van der Waals surface area contributed by atoms with Gasteiger partial charge in [0, 0.05) is 9.79 Å². The van der Waals surface area contributed by atoms with Crippen LogP contribution in [0.1, 0.15) is 103 Å². The molecule has 0 saturated carbocycles. The third kappa shape index (κ3) is 7.59. The Hall–Kier alpha value is -1.41. The van der Waals surface area contributed by atoms with Crippen LogP contribution in [-0.2, 0) is 6.42 Å². The minimum absolute atomic E-state index is 0.428. The van der Waals surface area contributed by atoms with Gasteiger partial charge in [-0.3, -0.25) is 0 Å². The van der Waals surface area contributed by atoms with Gasteiger partial charge in [0.25, 0.3) is 0 Å². The van der Waals surface area contributed by atoms with Crippen LogP contribution in [0.4, 0.5) is 11.4 Å². The molecule has 2 heteroatoms. The van der Waals surface area contributed by atoms with Crippen LogP contribution in [0.25, 0.3) is 0 Å². The number of para-hydroxylation sites is 1. The molecule has 1 N–H and O–H groups in total. The minimum Gasteiger partial charge on any atom is -0.354 e. The third-order valence-electron chi connectivity index (χ3n) is 6.82. The Morgan fingerprint density at radius 2 is 1.32 bits per heavy atom. The predicted octanol–water partition coefficient (Wildman–Crippen LogP) is 10.2. The second kappa shape index (κ2) is 12.6. The van der Waals surface area contributed by atoms with Crippen LogP contribution in [0.15, 0.2) is 52.3 Å². The molecule has 0 saturated heterocycles. The number of nitrogens with one attached hydrogen (secondary N) is 1. The zero-order valence-corrected chi connectivity index (χ0v) is 21.0. The molecule has 1 nitrogen and oxygen atoms in total. The van der Waals surface area contributed by atoms with Gasteiger partial charge in [0.15, 0.2) is 0 Å². The summed E-state index contributed by atoms with van der Waals surface area (Å²) >= 11 is 1.91. The molecule has 1 heterocycles. The van der Waals surface area contributed by atoms with Gasteiger partial charge >= 0.3 is 0 Å². The average Bonchev–Trinajstić information content (AvgIpc) is 2.78. The van der Waals surface area contributed by atoms with Crippen LogP contribution >= 0.6 is 11.8 Å². The molecule has 31 heavy (non-hydrogen) atoms. The molecule has 0 bridgehead atoms. The van der Waals surface area contributed by atoms with Crippen LogP contribution in [0.3, 0.4) is 0 Å². The van der Waals surface area contributed by atoms with Crippen LogP contribution in [0.2, 0.25) is 0 Å². The van der Waals surface area contributed by atoms with Gasteiger partial charge < -0.3 is 5.32 Å². The van der Waals surface area contributed by atoms with Crippen molar-refractivity contribution in [1.29, 1.82) is 0 Å². The molecule has 1 aliphatic heterocycles. The summed E-state index contributed by atoms with van der Waals surface area (Å²) in [5.41, 5.74) is 4.43. The first kappa shape index (κ1) is 24.2. The Kier molecular flexibility index (Phi) is 9.84. The van der Waals surface area contributed by atoms with E-state index in [4.69, 9.17) is 0 Å². The second-order valence-electron chi connectivity index (χ2n) is 9.87. The van der Waals surface area contributed by atoms with Crippen molar-refractivity contribution < 1.29 is 0 Å². The largest absolute Gasteiger partial charge is 0.354 e. The maximum Gasteiger partial charge on any atom is 0.0526 e. The fourth-order valence-corrected chi connectivity index (χ4v) is 5.94. The molecule has 0 radical (unpaired) electrons. The van der Waals surface area contributed by atoms with E-state index in [0.717, 1.165) is 0 Å². The van der Waals surface area contributed by atoms with Crippen LogP contribution in [-0.4, -0.2) is 0 Å². The van der Waals surface area contributed by atoms with Gasteiger partial charge in [-0.25, -0.2) is 0 Å². The zero-order chi connectivity index (χ0) is 21.9. The molecule has 1 unspecified atom stereocenters. The van der Waals surface area contributed by atoms with Crippen molar-refractivity contribution in [3.05, 3.63) is 48.0 Å². The van der Waals surface area contributed by atoms with Crippen molar-refractivity contribution in [2.24, 2.45) is 5.41 Å². The fraction of sp³-hybridized carbons (Fsp3) is 0.586. The van der Waals surface area contributed by atoms with Crippen LogP contribution in [0.5, 0.6) is 0 Å². The average molecular weight is 438 g/mol. The molecule has 3 rings (SSSR count). The SMILES string of the molecule is CCCCCCCCC(C)(CCCCCC)Cc1ccc2c(c1)Sc1ccccc1N2. The lowest BCUT2D eigenvalue weighted by molar-refractivity contribution is 0.248. The summed E-state index contributed by atoms with van der Waals surface area (Å²) in [6.45, 7) is 7.18. The van der Waals surface area contributed by atoms with Gasteiger partial charge in [-0.2, -0.15) is 0 Å². The fourth-order valence-electron chi connectivity index (χ4n) is 4.89. The van der Waals surface area contributed by atoms with Crippen molar-refractivity contribution in [1.82, 2.24) is 0 Å². The lowest BCUT2D eigenvalue weighted by atomic mass is 9.75.